The minimum absolute atomic E-state index is 0.0206. The van der Waals surface area contributed by atoms with Crippen LogP contribution in [0.3, 0.4) is 0 Å². The summed E-state index contributed by atoms with van der Waals surface area (Å²) in [5.74, 6) is 1.38. The molecule has 2 heterocycles. The van der Waals surface area contributed by atoms with Gasteiger partial charge >= 0.3 is 0 Å². The number of amides is 1. The van der Waals surface area contributed by atoms with Crippen molar-refractivity contribution in [2.45, 2.75) is 20.4 Å². The van der Waals surface area contributed by atoms with Gasteiger partial charge in [-0.2, -0.15) is 0 Å². The lowest BCUT2D eigenvalue weighted by Crippen LogP contribution is -2.46. The van der Waals surface area contributed by atoms with Gasteiger partial charge in [0, 0.05) is 50.5 Å². The van der Waals surface area contributed by atoms with Gasteiger partial charge in [0.05, 0.1) is 7.11 Å². The van der Waals surface area contributed by atoms with E-state index in [2.05, 4.69) is 33.6 Å². The van der Waals surface area contributed by atoms with E-state index in [1.165, 1.54) is 5.69 Å². The fourth-order valence-electron chi connectivity index (χ4n) is 4.14. The first-order valence-corrected chi connectivity index (χ1v) is 10.7. The lowest BCUT2D eigenvalue weighted by Gasteiger charge is -2.37. The number of hydrogen-bond acceptors (Lipinski definition) is 7. The van der Waals surface area contributed by atoms with Crippen LogP contribution in [0.15, 0.2) is 30.3 Å². The van der Waals surface area contributed by atoms with Crippen LogP contribution >= 0.6 is 0 Å². The summed E-state index contributed by atoms with van der Waals surface area (Å²) >= 11 is 0. The fraction of sp³-hybridized carbons (Fsp3) is 0.435. The Kier molecular flexibility index (Phi) is 6.48. The summed E-state index contributed by atoms with van der Waals surface area (Å²) < 4.78 is 11.0. The van der Waals surface area contributed by atoms with Crippen LogP contribution in [-0.4, -0.2) is 57.4 Å². The van der Waals surface area contributed by atoms with Gasteiger partial charge in [-0.3, -0.25) is 15.2 Å². The molecule has 1 fully saturated rings. The fourth-order valence-corrected chi connectivity index (χ4v) is 4.14. The zero-order valence-electron chi connectivity index (χ0n) is 18.4. The van der Waals surface area contributed by atoms with Crippen LogP contribution in [0, 0.1) is 6.92 Å². The van der Waals surface area contributed by atoms with Crippen molar-refractivity contribution in [3.05, 3.63) is 47.0 Å². The molecule has 0 bridgehead atoms. The summed E-state index contributed by atoms with van der Waals surface area (Å²) in [7, 11) is 1.65. The maximum absolute atomic E-state index is 12.1. The monoisotopic (exact) mass is 426 g/mol. The van der Waals surface area contributed by atoms with E-state index in [0.29, 0.717) is 23.6 Å². The largest absolute Gasteiger partial charge is 0.493 e. The van der Waals surface area contributed by atoms with E-state index >= 15 is 0 Å². The maximum atomic E-state index is 12.1. The summed E-state index contributed by atoms with van der Waals surface area (Å²) in [6.45, 7) is 9.41. The van der Waals surface area contributed by atoms with E-state index in [1.54, 1.807) is 7.11 Å². The topological polar surface area (TPSA) is 75.3 Å². The molecule has 2 aliphatic rings. The third-order valence-electron chi connectivity index (χ3n) is 5.69. The second-order valence-corrected chi connectivity index (χ2v) is 7.81. The Hall–Kier alpha value is -2.97. The van der Waals surface area contributed by atoms with Gasteiger partial charge in [0.2, 0.25) is 6.79 Å². The number of piperazine rings is 1. The number of benzene rings is 2. The van der Waals surface area contributed by atoms with Crippen LogP contribution < -0.4 is 25.2 Å². The standard InChI is InChI=1S/C23H30N4O4/c1-4-24-23(28)18-5-6-20(16(2)11-18)27-9-7-26(8-10-27)14-17-12-19-22(21(13-17)29-3)30-15-31-25-19/h5-6,11-13,25H,4,7-10,14-15H2,1-3H3,(H,24,28). The van der Waals surface area contributed by atoms with Crippen LogP contribution in [0.5, 0.6) is 11.5 Å². The number of carbonyl (C=O) groups is 1. The lowest BCUT2D eigenvalue weighted by molar-refractivity contribution is 0.0315. The molecule has 8 heteroatoms. The Morgan fingerprint density at radius 3 is 2.71 bits per heavy atom. The minimum atomic E-state index is -0.0206. The number of anilines is 2. The molecule has 2 aromatic carbocycles. The van der Waals surface area contributed by atoms with E-state index in [4.69, 9.17) is 14.3 Å². The van der Waals surface area contributed by atoms with Crippen molar-refractivity contribution in [3.63, 3.8) is 0 Å². The maximum Gasteiger partial charge on any atom is 0.251 e. The Morgan fingerprint density at radius 1 is 1.19 bits per heavy atom. The predicted molar refractivity (Wildman–Crippen MR) is 120 cm³/mol. The van der Waals surface area contributed by atoms with Gasteiger partial charge in [0.15, 0.2) is 11.5 Å². The number of methoxy groups -OCH3 is 1. The first-order chi connectivity index (χ1) is 15.1. The van der Waals surface area contributed by atoms with E-state index in [9.17, 15) is 4.79 Å². The Morgan fingerprint density at radius 2 is 2.00 bits per heavy atom. The number of fused-ring (bicyclic) bond motifs is 1. The van der Waals surface area contributed by atoms with E-state index < -0.39 is 0 Å². The molecule has 0 aromatic heterocycles. The highest BCUT2D eigenvalue weighted by molar-refractivity contribution is 5.94. The van der Waals surface area contributed by atoms with E-state index in [1.807, 2.05) is 31.2 Å². The number of nitrogens with zero attached hydrogens (tertiary/aromatic N) is 2. The number of nitrogens with one attached hydrogen (secondary N) is 2. The number of ether oxygens (including phenoxy) is 2. The molecule has 0 spiro atoms. The molecule has 0 aliphatic carbocycles. The molecule has 31 heavy (non-hydrogen) atoms. The van der Waals surface area contributed by atoms with Crippen LogP contribution in [0.4, 0.5) is 11.4 Å². The zero-order valence-corrected chi connectivity index (χ0v) is 18.4. The van der Waals surface area contributed by atoms with E-state index in [-0.39, 0.29) is 12.7 Å². The number of rotatable bonds is 6. The molecule has 2 N–H and O–H groups in total. The minimum Gasteiger partial charge on any atom is -0.493 e. The SMILES string of the molecule is CCNC(=O)c1ccc(N2CCN(Cc3cc4c(c(OC)c3)OCON4)CC2)c(C)c1. The molecule has 0 radical (unpaired) electrons. The molecule has 0 saturated carbocycles. The highest BCUT2D eigenvalue weighted by atomic mass is 16.8. The highest BCUT2D eigenvalue weighted by Gasteiger charge is 2.22. The third-order valence-corrected chi connectivity index (χ3v) is 5.69. The summed E-state index contributed by atoms with van der Waals surface area (Å²) in [4.78, 5) is 22.1. The summed E-state index contributed by atoms with van der Waals surface area (Å²) in [6.07, 6.45) is 0. The molecule has 4 rings (SSSR count). The van der Waals surface area contributed by atoms with Gasteiger partial charge in [-0.15, -0.1) is 0 Å². The molecule has 0 unspecified atom stereocenters. The summed E-state index contributed by atoms with van der Waals surface area (Å²) in [6, 6.07) is 10.0. The smallest absolute Gasteiger partial charge is 0.251 e. The summed E-state index contributed by atoms with van der Waals surface area (Å²) in [5, 5.41) is 2.86. The van der Waals surface area contributed by atoms with Crippen molar-refractivity contribution in [1.82, 2.24) is 10.2 Å². The van der Waals surface area contributed by atoms with Gasteiger partial charge in [-0.25, -0.2) is 4.84 Å². The normalized spacial score (nSPS) is 16.2. The molecule has 166 valence electrons. The second-order valence-electron chi connectivity index (χ2n) is 7.81. The van der Waals surface area contributed by atoms with Crippen molar-refractivity contribution in [2.24, 2.45) is 0 Å². The van der Waals surface area contributed by atoms with Gasteiger partial charge in [0.25, 0.3) is 5.91 Å². The van der Waals surface area contributed by atoms with Gasteiger partial charge in [-0.05, 0) is 55.3 Å². The van der Waals surface area contributed by atoms with Crippen molar-refractivity contribution in [3.8, 4) is 11.5 Å². The predicted octanol–water partition coefficient (Wildman–Crippen LogP) is 2.77. The summed E-state index contributed by atoms with van der Waals surface area (Å²) in [5.41, 5.74) is 7.89. The van der Waals surface area contributed by atoms with Gasteiger partial charge in [-0.1, -0.05) is 0 Å². The first kappa shape index (κ1) is 21.3. The van der Waals surface area contributed by atoms with Crippen LogP contribution in [0.2, 0.25) is 0 Å². The van der Waals surface area contributed by atoms with Crippen molar-refractivity contribution >= 4 is 17.3 Å². The van der Waals surface area contributed by atoms with Gasteiger partial charge < -0.3 is 19.7 Å². The van der Waals surface area contributed by atoms with Crippen LogP contribution in [0.1, 0.15) is 28.4 Å². The lowest BCUT2D eigenvalue weighted by atomic mass is 10.1. The highest BCUT2D eigenvalue weighted by Crippen LogP contribution is 2.39. The molecule has 2 aliphatic heterocycles. The quantitative estimate of drug-likeness (QED) is 0.736. The number of carbonyl (C=O) groups excluding carboxylic acids is 1. The van der Waals surface area contributed by atoms with E-state index in [0.717, 1.165) is 49.5 Å². The Labute approximate surface area is 183 Å². The molecule has 0 atom stereocenters. The van der Waals surface area contributed by atoms with Crippen molar-refractivity contribution in [2.75, 3.05) is 57.0 Å². The first-order valence-electron chi connectivity index (χ1n) is 10.7. The van der Waals surface area contributed by atoms with Crippen LogP contribution in [-0.2, 0) is 11.4 Å². The molecule has 1 amide bonds. The third kappa shape index (κ3) is 4.70. The Balaban J connectivity index is 1.39. The molecule has 8 nitrogen and oxygen atoms in total. The van der Waals surface area contributed by atoms with Gasteiger partial charge in [0.1, 0.15) is 5.69 Å². The second kappa shape index (κ2) is 9.45. The van der Waals surface area contributed by atoms with Crippen molar-refractivity contribution in [1.29, 1.82) is 0 Å². The Bertz CT molecular complexity index is 924. The molecular weight excluding hydrogens is 396 g/mol. The molecule has 1 saturated heterocycles. The number of hydrogen-bond donors (Lipinski definition) is 2. The average Bonchev–Trinajstić information content (AvgIpc) is 2.79. The van der Waals surface area contributed by atoms with Crippen molar-refractivity contribution < 1.29 is 19.1 Å². The zero-order chi connectivity index (χ0) is 21.8. The molecular formula is C23H30N4O4. The molecule has 2 aromatic rings. The number of aryl methyl sites for hydroxylation is 1. The average molecular weight is 427 g/mol. The van der Waals surface area contributed by atoms with Crippen LogP contribution in [0.25, 0.3) is 0 Å².